The molecule has 2 amide bonds. The maximum Gasteiger partial charge on any atom is 0.320 e. The van der Waals surface area contributed by atoms with E-state index in [0.717, 1.165) is 11.1 Å². The highest BCUT2D eigenvalue weighted by Crippen LogP contribution is 2.09. The summed E-state index contributed by atoms with van der Waals surface area (Å²) >= 11 is 0. The van der Waals surface area contributed by atoms with E-state index in [9.17, 15) is 4.79 Å². The molecular formula is C17H17N5O2. The minimum atomic E-state index is -0.375. The van der Waals surface area contributed by atoms with Crippen LogP contribution in [0, 0.1) is 6.92 Å². The molecule has 0 saturated carbocycles. The van der Waals surface area contributed by atoms with Gasteiger partial charge >= 0.3 is 6.03 Å². The predicted molar refractivity (Wildman–Crippen MR) is 88.4 cm³/mol. The first kappa shape index (κ1) is 15.7. The molecule has 0 aliphatic heterocycles. The van der Waals surface area contributed by atoms with E-state index in [1.165, 1.54) is 0 Å². The zero-order valence-electron chi connectivity index (χ0n) is 13.2. The molecule has 7 nitrogen and oxygen atoms in total. The monoisotopic (exact) mass is 323 g/mol. The number of carbonyl (C=O) groups is 1. The molecule has 3 rings (SSSR count). The van der Waals surface area contributed by atoms with Gasteiger partial charge in [-0.25, -0.2) is 9.78 Å². The van der Waals surface area contributed by atoms with E-state index in [-0.39, 0.29) is 12.6 Å². The minimum Gasteiger partial charge on any atom is -0.337 e. The Hall–Kier alpha value is -3.22. The van der Waals surface area contributed by atoms with Crippen molar-refractivity contribution in [3.63, 3.8) is 0 Å². The van der Waals surface area contributed by atoms with Crippen LogP contribution in [0.3, 0.4) is 0 Å². The zero-order chi connectivity index (χ0) is 16.8. The van der Waals surface area contributed by atoms with Crippen molar-refractivity contribution in [3.8, 4) is 0 Å². The maximum atomic E-state index is 11.9. The summed E-state index contributed by atoms with van der Waals surface area (Å²) in [6.07, 6.45) is 2.21. The normalized spacial score (nSPS) is 10.4. The van der Waals surface area contributed by atoms with Crippen molar-refractivity contribution in [2.24, 2.45) is 0 Å². The summed E-state index contributed by atoms with van der Waals surface area (Å²) in [5.74, 6) is 1.46. The topological polar surface area (TPSA) is 92.9 Å². The maximum absolute atomic E-state index is 11.9. The van der Waals surface area contributed by atoms with Crippen LogP contribution in [0.25, 0.3) is 0 Å². The number of aryl methyl sites for hydroxylation is 1. The average Bonchev–Trinajstić information content (AvgIpc) is 3.03. The molecule has 2 N–H and O–H groups in total. The van der Waals surface area contributed by atoms with Gasteiger partial charge in [0.05, 0.1) is 6.54 Å². The van der Waals surface area contributed by atoms with Gasteiger partial charge in [-0.1, -0.05) is 41.6 Å². The Morgan fingerprint density at radius 3 is 2.79 bits per heavy atom. The lowest BCUT2D eigenvalue weighted by molar-refractivity contribution is 0.249. The molecule has 2 heterocycles. The number of hydrogen-bond donors (Lipinski definition) is 2. The number of aromatic nitrogens is 3. The summed E-state index contributed by atoms with van der Waals surface area (Å²) in [4.78, 5) is 20.3. The Morgan fingerprint density at radius 1 is 1.17 bits per heavy atom. The Kier molecular flexibility index (Phi) is 4.81. The Balaban J connectivity index is 1.52. The number of amides is 2. The van der Waals surface area contributed by atoms with Crippen LogP contribution in [0.15, 0.2) is 53.2 Å². The third kappa shape index (κ3) is 4.16. The Labute approximate surface area is 139 Å². The Bertz CT molecular complexity index is 817. The second-order valence-electron chi connectivity index (χ2n) is 5.24. The van der Waals surface area contributed by atoms with E-state index >= 15 is 0 Å². The van der Waals surface area contributed by atoms with Gasteiger partial charge in [0.15, 0.2) is 5.82 Å². The van der Waals surface area contributed by atoms with Crippen LogP contribution in [0.4, 0.5) is 10.6 Å². The highest BCUT2D eigenvalue weighted by atomic mass is 16.5. The van der Waals surface area contributed by atoms with E-state index in [2.05, 4.69) is 25.8 Å². The lowest BCUT2D eigenvalue weighted by Gasteiger charge is -2.06. The highest BCUT2D eigenvalue weighted by Gasteiger charge is 2.10. The van der Waals surface area contributed by atoms with Crippen molar-refractivity contribution in [2.45, 2.75) is 19.9 Å². The van der Waals surface area contributed by atoms with Gasteiger partial charge in [0.25, 0.3) is 0 Å². The largest absolute Gasteiger partial charge is 0.337 e. The fourth-order valence-corrected chi connectivity index (χ4v) is 2.14. The van der Waals surface area contributed by atoms with Crippen molar-refractivity contribution in [1.82, 2.24) is 20.4 Å². The van der Waals surface area contributed by atoms with Gasteiger partial charge in [-0.05, 0) is 24.1 Å². The summed E-state index contributed by atoms with van der Waals surface area (Å²) in [6.45, 7) is 2.02. The molecule has 7 heteroatoms. The van der Waals surface area contributed by atoms with Crippen LogP contribution >= 0.6 is 0 Å². The first-order valence-electron chi connectivity index (χ1n) is 7.52. The number of nitrogens with one attached hydrogen (secondary N) is 2. The first-order valence-corrected chi connectivity index (χ1v) is 7.52. The van der Waals surface area contributed by atoms with Crippen LogP contribution in [0.2, 0.25) is 0 Å². The van der Waals surface area contributed by atoms with Gasteiger partial charge in [-0.2, -0.15) is 4.98 Å². The summed E-state index contributed by atoms with van der Waals surface area (Å²) in [5, 5.41) is 9.26. The third-order valence-electron chi connectivity index (χ3n) is 3.36. The van der Waals surface area contributed by atoms with Crippen molar-refractivity contribution in [3.05, 3.63) is 71.5 Å². The summed E-state index contributed by atoms with van der Waals surface area (Å²) in [5.41, 5.74) is 1.98. The molecule has 0 bridgehead atoms. The van der Waals surface area contributed by atoms with E-state index in [0.29, 0.717) is 24.0 Å². The molecule has 0 atom stereocenters. The van der Waals surface area contributed by atoms with E-state index in [4.69, 9.17) is 4.52 Å². The highest BCUT2D eigenvalue weighted by molar-refractivity contribution is 5.88. The van der Waals surface area contributed by atoms with Crippen molar-refractivity contribution in [2.75, 3.05) is 5.32 Å². The number of urea groups is 1. The molecule has 0 saturated heterocycles. The molecule has 2 aromatic heterocycles. The van der Waals surface area contributed by atoms with Crippen molar-refractivity contribution in [1.29, 1.82) is 0 Å². The number of nitrogens with zero attached hydrogens (tertiary/aromatic N) is 3. The van der Waals surface area contributed by atoms with Gasteiger partial charge in [-0.3, -0.25) is 5.32 Å². The van der Waals surface area contributed by atoms with E-state index in [1.54, 1.807) is 6.20 Å². The molecule has 0 radical (unpaired) electrons. The lowest BCUT2D eigenvalue weighted by atomic mass is 10.1. The van der Waals surface area contributed by atoms with Crippen molar-refractivity contribution >= 4 is 11.8 Å². The van der Waals surface area contributed by atoms with Crippen LogP contribution in [-0.4, -0.2) is 21.2 Å². The summed E-state index contributed by atoms with van der Waals surface area (Å²) in [7, 11) is 0. The molecule has 1 aromatic carbocycles. The molecule has 0 aliphatic carbocycles. The fraction of sp³-hybridized carbons (Fsp3) is 0.176. The molecule has 0 spiro atoms. The van der Waals surface area contributed by atoms with E-state index < -0.39 is 0 Å². The molecule has 122 valence electrons. The van der Waals surface area contributed by atoms with Gasteiger partial charge < -0.3 is 9.84 Å². The van der Waals surface area contributed by atoms with Gasteiger partial charge in [0.1, 0.15) is 5.82 Å². The fourth-order valence-electron chi connectivity index (χ4n) is 2.14. The molecular weight excluding hydrogens is 306 g/mol. The number of benzene rings is 1. The number of carbonyl (C=O) groups excluding carboxylic acids is 1. The molecule has 0 fully saturated rings. The standard InChI is InChI=1S/C17H17N5O2/c1-12-6-5-9-18-16(12)21-17(23)19-11-15-20-14(22-24-15)10-13-7-3-2-4-8-13/h2-9H,10-11H2,1H3,(H2,18,19,21,23). The number of pyridine rings is 1. The van der Waals surface area contributed by atoms with Crippen LogP contribution in [0.1, 0.15) is 22.8 Å². The Morgan fingerprint density at radius 2 is 2.00 bits per heavy atom. The van der Waals surface area contributed by atoms with Gasteiger partial charge in [-0.15, -0.1) is 0 Å². The van der Waals surface area contributed by atoms with Gasteiger partial charge in [0.2, 0.25) is 5.89 Å². The van der Waals surface area contributed by atoms with Crippen molar-refractivity contribution < 1.29 is 9.32 Å². The van der Waals surface area contributed by atoms with Crippen LogP contribution in [0.5, 0.6) is 0 Å². The minimum absolute atomic E-state index is 0.152. The number of rotatable bonds is 5. The summed E-state index contributed by atoms with van der Waals surface area (Å²) in [6, 6.07) is 13.2. The smallest absolute Gasteiger partial charge is 0.320 e. The average molecular weight is 323 g/mol. The molecule has 24 heavy (non-hydrogen) atoms. The van der Waals surface area contributed by atoms with Crippen LogP contribution < -0.4 is 10.6 Å². The molecule has 3 aromatic rings. The van der Waals surface area contributed by atoms with Crippen LogP contribution in [-0.2, 0) is 13.0 Å². The lowest BCUT2D eigenvalue weighted by Crippen LogP contribution is -2.29. The second kappa shape index (κ2) is 7.36. The quantitative estimate of drug-likeness (QED) is 0.753. The number of anilines is 1. The first-order chi connectivity index (χ1) is 11.7. The molecule has 0 aliphatic rings. The third-order valence-corrected chi connectivity index (χ3v) is 3.36. The summed E-state index contributed by atoms with van der Waals surface area (Å²) < 4.78 is 5.14. The van der Waals surface area contributed by atoms with Gasteiger partial charge in [0, 0.05) is 12.6 Å². The second-order valence-corrected chi connectivity index (χ2v) is 5.24. The van der Waals surface area contributed by atoms with E-state index in [1.807, 2.05) is 49.4 Å². The number of hydrogen-bond acceptors (Lipinski definition) is 5. The SMILES string of the molecule is Cc1cccnc1NC(=O)NCc1nc(Cc2ccccc2)no1. The predicted octanol–water partition coefficient (Wildman–Crippen LogP) is 2.69. The zero-order valence-corrected chi connectivity index (χ0v) is 13.2. The molecule has 0 unspecified atom stereocenters.